The van der Waals surface area contributed by atoms with Gasteiger partial charge in [0.15, 0.2) is 0 Å². The Hall–Kier alpha value is -2.17. The Morgan fingerprint density at radius 1 is 1.44 bits per heavy atom. The molecule has 16 heavy (non-hydrogen) atoms. The first-order chi connectivity index (χ1) is 7.74. The van der Waals surface area contributed by atoms with E-state index >= 15 is 0 Å². The van der Waals surface area contributed by atoms with Crippen molar-refractivity contribution in [2.45, 2.75) is 6.92 Å². The second-order valence-electron chi connectivity index (χ2n) is 3.17. The van der Waals surface area contributed by atoms with Crippen LogP contribution in [0.3, 0.4) is 0 Å². The smallest absolute Gasteiger partial charge is 0.343 e. The van der Waals surface area contributed by atoms with E-state index in [1.165, 1.54) is 7.11 Å². The summed E-state index contributed by atoms with van der Waals surface area (Å²) in [6, 6.07) is 5.35. The molecule has 82 valence electrons. The highest BCUT2D eigenvalue weighted by Gasteiger charge is 2.22. The van der Waals surface area contributed by atoms with E-state index in [1.807, 2.05) is 6.07 Å². The highest BCUT2D eigenvalue weighted by Crippen LogP contribution is 2.23. The van der Waals surface area contributed by atoms with Crippen LogP contribution >= 0.6 is 0 Å². The van der Waals surface area contributed by atoms with Crippen molar-refractivity contribution in [1.29, 1.82) is 0 Å². The Balaban J connectivity index is 2.55. The highest BCUT2D eigenvalue weighted by atomic mass is 16.5. The first kappa shape index (κ1) is 10.4. The van der Waals surface area contributed by atoms with E-state index in [1.54, 1.807) is 25.3 Å². The summed E-state index contributed by atoms with van der Waals surface area (Å²) in [6.07, 6.45) is 1.63. The number of carbonyl (C=O) groups excluding carboxylic acids is 1. The zero-order valence-electron chi connectivity index (χ0n) is 8.93. The van der Waals surface area contributed by atoms with Crippen LogP contribution in [0.5, 0.6) is 0 Å². The lowest BCUT2D eigenvalue weighted by atomic mass is 10.1. The largest absolute Gasteiger partial charge is 0.465 e. The number of hydrogen-bond donors (Lipinski definition) is 0. The van der Waals surface area contributed by atoms with Crippen molar-refractivity contribution in [2.24, 2.45) is 0 Å². The minimum Gasteiger partial charge on any atom is -0.465 e. The minimum atomic E-state index is -0.473. The number of ether oxygens (including phenoxy) is 1. The van der Waals surface area contributed by atoms with E-state index in [0.717, 1.165) is 0 Å². The molecule has 2 heterocycles. The molecule has 2 aromatic rings. The lowest BCUT2D eigenvalue weighted by Gasteiger charge is -1.99. The van der Waals surface area contributed by atoms with Gasteiger partial charge >= 0.3 is 5.97 Å². The lowest BCUT2D eigenvalue weighted by molar-refractivity contribution is 0.0599. The van der Waals surface area contributed by atoms with Gasteiger partial charge in [-0.2, -0.15) is 0 Å². The molecule has 0 saturated carbocycles. The summed E-state index contributed by atoms with van der Waals surface area (Å²) in [5.74, 6) is -0.0492. The number of nitrogens with zero attached hydrogens (tertiary/aromatic N) is 2. The van der Waals surface area contributed by atoms with Crippen molar-refractivity contribution in [3.63, 3.8) is 0 Å². The number of hydrogen-bond acceptors (Lipinski definition) is 5. The van der Waals surface area contributed by atoms with Gasteiger partial charge in [-0.25, -0.2) is 4.79 Å². The van der Waals surface area contributed by atoms with Gasteiger partial charge in [-0.05, 0) is 19.1 Å². The molecule has 5 heteroatoms. The van der Waals surface area contributed by atoms with Crippen LogP contribution < -0.4 is 0 Å². The molecule has 0 aliphatic rings. The zero-order valence-corrected chi connectivity index (χ0v) is 8.93. The Morgan fingerprint density at radius 2 is 2.25 bits per heavy atom. The van der Waals surface area contributed by atoms with Crippen molar-refractivity contribution < 1.29 is 14.1 Å². The first-order valence-electron chi connectivity index (χ1n) is 4.70. The normalized spacial score (nSPS) is 10.1. The van der Waals surface area contributed by atoms with Crippen LogP contribution in [0.25, 0.3) is 11.4 Å². The Bertz CT molecular complexity index is 505. The van der Waals surface area contributed by atoms with E-state index in [2.05, 4.69) is 14.9 Å². The first-order valence-corrected chi connectivity index (χ1v) is 4.70. The molecule has 0 aliphatic carbocycles. The van der Waals surface area contributed by atoms with Crippen molar-refractivity contribution in [3.05, 3.63) is 35.7 Å². The third kappa shape index (κ3) is 1.67. The van der Waals surface area contributed by atoms with Gasteiger partial charge in [-0.15, -0.1) is 0 Å². The predicted octanol–water partition coefficient (Wildman–Crippen LogP) is 1.83. The van der Waals surface area contributed by atoms with Crippen molar-refractivity contribution in [2.75, 3.05) is 7.11 Å². The van der Waals surface area contributed by atoms with Crippen LogP contribution in [0.1, 0.15) is 16.1 Å². The molecule has 0 atom stereocenters. The van der Waals surface area contributed by atoms with Crippen LogP contribution in [0.15, 0.2) is 28.9 Å². The summed E-state index contributed by atoms with van der Waals surface area (Å²) in [7, 11) is 1.32. The maximum atomic E-state index is 11.5. The fourth-order valence-electron chi connectivity index (χ4n) is 1.39. The number of pyridine rings is 1. The second-order valence-corrected chi connectivity index (χ2v) is 3.17. The molecule has 2 aromatic heterocycles. The molecule has 0 unspecified atom stereocenters. The van der Waals surface area contributed by atoms with Gasteiger partial charge in [0.2, 0.25) is 0 Å². The molecule has 2 rings (SSSR count). The zero-order chi connectivity index (χ0) is 11.5. The third-order valence-corrected chi connectivity index (χ3v) is 2.16. The molecule has 0 amide bonds. The summed E-state index contributed by atoms with van der Waals surface area (Å²) in [5, 5.41) is 3.82. The summed E-state index contributed by atoms with van der Waals surface area (Å²) in [4.78, 5) is 15.6. The molecular weight excluding hydrogens is 208 g/mol. The number of rotatable bonds is 2. The van der Waals surface area contributed by atoms with E-state index < -0.39 is 5.97 Å². The molecule has 0 saturated heterocycles. The van der Waals surface area contributed by atoms with E-state index in [-0.39, 0.29) is 0 Å². The van der Waals surface area contributed by atoms with Gasteiger partial charge in [0.1, 0.15) is 17.0 Å². The molecule has 0 N–H and O–H groups in total. The third-order valence-electron chi connectivity index (χ3n) is 2.16. The van der Waals surface area contributed by atoms with Crippen molar-refractivity contribution in [1.82, 2.24) is 10.1 Å². The SMILES string of the molecule is COC(=O)c1c(-c2ccccn2)noc1C. The Labute approximate surface area is 92.0 Å². The summed E-state index contributed by atoms with van der Waals surface area (Å²) in [6.45, 7) is 1.66. The van der Waals surface area contributed by atoms with Crippen molar-refractivity contribution >= 4 is 5.97 Å². The Kier molecular flexibility index (Phi) is 2.68. The lowest BCUT2D eigenvalue weighted by Crippen LogP contribution is -2.03. The van der Waals surface area contributed by atoms with Gasteiger partial charge in [0.05, 0.1) is 12.8 Å². The van der Waals surface area contributed by atoms with E-state index in [4.69, 9.17) is 4.52 Å². The number of carbonyl (C=O) groups is 1. The average molecular weight is 218 g/mol. The quantitative estimate of drug-likeness (QED) is 0.719. The van der Waals surface area contributed by atoms with Crippen LogP contribution in [0.4, 0.5) is 0 Å². The molecule has 0 bridgehead atoms. The summed E-state index contributed by atoms with van der Waals surface area (Å²) >= 11 is 0. The van der Waals surface area contributed by atoms with E-state index in [9.17, 15) is 4.79 Å². The molecular formula is C11H10N2O3. The fourth-order valence-corrected chi connectivity index (χ4v) is 1.39. The number of methoxy groups -OCH3 is 1. The van der Waals surface area contributed by atoms with Crippen LogP contribution in [0, 0.1) is 6.92 Å². The maximum Gasteiger partial charge on any atom is 0.343 e. The van der Waals surface area contributed by atoms with Crippen LogP contribution in [0.2, 0.25) is 0 Å². The van der Waals surface area contributed by atoms with Crippen molar-refractivity contribution in [3.8, 4) is 11.4 Å². The summed E-state index contributed by atoms with van der Waals surface area (Å²) < 4.78 is 9.65. The Morgan fingerprint density at radius 3 is 2.88 bits per heavy atom. The minimum absolute atomic E-state index is 0.321. The van der Waals surface area contributed by atoms with Crippen LogP contribution in [-0.2, 0) is 4.74 Å². The molecule has 0 fully saturated rings. The molecule has 0 radical (unpaired) electrons. The summed E-state index contributed by atoms with van der Waals surface area (Å²) in [5.41, 5.74) is 1.31. The topological polar surface area (TPSA) is 65.2 Å². The number of aryl methyl sites for hydroxylation is 1. The van der Waals surface area contributed by atoms with E-state index in [0.29, 0.717) is 22.7 Å². The standard InChI is InChI=1S/C11H10N2O3/c1-7-9(11(14)15-2)10(13-16-7)8-5-3-4-6-12-8/h3-6H,1-2H3. The highest BCUT2D eigenvalue weighted by molar-refractivity contribution is 5.96. The molecule has 0 aliphatic heterocycles. The average Bonchev–Trinajstić information content (AvgIpc) is 2.71. The molecule has 5 nitrogen and oxygen atoms in total. The van der Waals surface area contributed by atoms with Gasteiger partial charge in [-0.3, -0.25) is 4.98 Å². The van der Waals surface area contributed by atoms with Gasteiger partial charge in [0, 0.05) is 6.20 Å². The number of esters is 1. The maximum absolute atomic E-state index is 11.5. The monoisotopic (exact) mass is 218 g/mol. The van der Waals surface area contributed by atoms with Gasteiger partial charge in [0.25, 0.3) is 0 Å². The molecule has 0 aromatic carbocycles. The predicted molar refractivity (Wildman–Crippen MR) is 55.8 cm³/mol. The molecule has 0 spiro atoms. The van der Waals surface area contributed by atoms with Gasteiger partial charge in [-0.1, -0.05) is 11.2 Å². The van der Waals surface area contributed by atoms with Gasteiger partial charge < -0.3 is 9.26 Å². The second kappa shape index (κ2) is 4.14. The number of aromatic nitrogens is 2. The fraction of sp³-hybridized carbons (Fsp3) is 0.182. The van der Waals surface area contributed by atoms with Crippen LogP contribution in [-0.4, -0.2) is 23.2 Å².